The second-order valence-electron chi connectivity index (χ2n) is 5.96. The third kappa shape index (κ3) is 3.59. The van der Waals surface area contributed by atoms with Gasteiger partial charge in [0.1, 0.15) is 12.4 Å². The number of aromatic amines is 1. The van der Waals surface area contributed by atoms with Gasteiger partial charge < -0.3 is 14.5 Å². The lowest BCUT2D eigenvalue weighted by Gasteiger charge is -2.13. The van der Waals surface area contributed by atoms with Crippen LogP contribution in [0.15, 0.2) is 60.7 Å². The summed E-state index contributed by atoms with van der Waals surface area (Å²) in [6, 6.07) is 19.0. The zero-order valence-electron chi connectivity index (χ0n) is 14.5. The molecule has 3 aromatic carbocycles. The second kappa shape index (κ2) is 7.51. The van der Waals surface area contributed by atoms with Crippen molar-refractivity contribution in [3.8, 4) is 22.9 Å². The Bertz CT molecular complexity index is 1060. The number of benzene rings is 3. The quantitative estimate of drug-likeness (QED) is 0.440. The maximum absolute atomic E-state index is 6.21. The van der Waals surface area contributed by atoms with Crippen LogP contribution in [0, 0.1) is 0 Å². The molecular weight excluding hydrogens is 383 g/mol. The lowest BCUT2D eigenvalue weighted by Crippen LogP contribution is -1.99. The van der Waals surface area contributed by atoms with Gasteiger partial charge in [-0.15, -0.1) is 0 Å². The Morgan fingerprint density at radius 2 is 1.70 bits per heavy atom. The van der Waals surface area contributed by atoms with Crippen LogP contribution >= 0.6 is 23.2 Å². The van der Waals surface area contributed by atoms with E-state index in [1.54, 1.807) is 25.3 Å². The lowest BCUT2D eigenvalue weighted by molar-refractivity contribution is 0.285. The number of hydrogen-bond acceptors (Lipinski definition) is 3. The number of halogens is 2. The molecule has 0 atom stereocenters. The third-order valence-corrected chi connectivity index (χ3v) is 4.97. The monoisotopic (exact) mass is 398 g/mol. The van der Waals surface area contributed by atoms with Crippen LogP contribution in [0.3, 0.4) is 0 Å². The maximum atomic E-state index is 6.21. The summed E-state index contributed by atoms with van der Waals surface area (Å²) >= 11 is 12.4. The summed E-state index contributed by atoms with van der Waals surface area (Å²) in [5, 5.41) is 1.14. The number of para-hydroxylation sites is 2. The van der Waals surface area contributed by atoms with Crippen molar-refractivity contribution in [3.63, 3.8) is 0 Å². The van der Waals surface area contributed by atoms with E-state index in [1.165, 1.54) is 0 Å². The molecule has 0 fully saturated rings. The molecule has 0 aliphatic rings. The minimum Gasteiger partial charge on any atom is -0.493 e. The van der Waals surface area contributed by atoms with Crippen LogP contribution in [-0.2, 0) is 6.61 Å². The summed E-state index contributed by atoms with van der Waals surface area (Å²) in [6.07, 6.45) is 0. The fourth-order valence-corrected chi connectivity index (χ4v) is 3.35. The van der Waals surface area contributed by atoms with Gasteiger partial charge in [-0.25, -0.2) is 4.98 Å². The minimum absolute atomic E-state index is 0.249. The van der Waals surface area contributed by atoms with E-state index in [0.717, 1.165) is 28.0 Å². The Morgan fingerprint density at radius 3 is 2.44 bits per heavy atom. The van der Waals surface area contributed by atoms with E-state index in [2.05, 4.69) is 9.97 Å². The van der Waals surface area contributed by atoms with E-state index >= 15 is 0 Å². The highest BCUT2D eigenvalue weighted by Crippen LogP contribution is 2.34. The molecule has 136 valence electrons. The topological polar surface area (TPSA) is 47.1 Å². The molecule has 4 aromatic rings. The normalized spacial score (nSPS) is 10.9. The summed E-state index contributed by atoms with van der Waals surface area (Å²) in [7, 11) is 1.60. The summed E-state index contributed by atoms with van der Waals surface area (Å²) in [4.78, 5) is 7.93. The van der Waals surface area contributed by atoms with E-state index < -0.39 is 0 Å². The van der Waals surface area contributed by atoms with Crippen molar-refractivity contribution in [2.75, 3.05) is 7.11 Å². The van der Waals surface area contributed by atoms with E-state index in [-0.39, 0.29) is 6.61 Å². The first-order chi connectivity index (χ1) is 13.2. The van der Waals surface area contributed by atoms with Crippen molar-refractivity contribution in [2.24, 2.45) is 0 Å². The highest BCUT2D eigenvalue weighted by Gasteiger charge is 2.12. The van der Waals surface area contributed by atoms with Crippen LogP contribution in [0.4, 0.5) is 0 Å². The molecular formula is C21H16Cl2N2O2. The predicted molar refractivity (Wildman–Crippen MR) is 109 cm³/mol. The minimum atomic E-state index is 0.249. The number of imidazole rings is 1. The average molecular weight is 399 g/mol. The number of fused-ring (bicyclic) bond motifs is 1. The van der Waals surface area contributed by atoms with Crippen molar-refractivity contribution in [3.05, 3.63) is 76.3 Å². The highest BCUT2D eigenvalue weighted by atomic mass is 35.5. The smallest absolute Gasteiger partial charge is 0.161 e. The van der Waals surface area contributed by atoms with Gasteiger partial charge in [-0.2, -0.15) is 0 Å². The fraction of sp³-hybridized carbons (Fsp3) is 0.0952. The molecule has 1 heterocycles. The number of H-pyrrole nitrogens is 1. The first kappa shape index (κ1) is 17.7. The molecule has 4 nitrogen and oxygen atoms in total. The molecule has 0 unspecified atom stereocenters. The first-order valence-electron chi connectivity index (χ1n) is 8.34. The van der Waals surface area contributed by atoms with Gasteiger partial charge in [0, 0.05) is 21.2 Å². The number of nitrogens with zero attached hydrogens (tertiary/aromatic N) is 1. The van der Waals surface area contributed by atoms with Crippen LogP contribution in [-0.4, -0.2) is 17.1 Å². The van der Waals surface area contributed by atoms with Crippen LogP contribution < -0.4 is 9.47 Å². The second-order valence-corrected chi connectivity index (χ2v) is 6.77. The Hall–Kier alpha value is -2.69. The molecule has 4 rings (SSSR count). The van der Waals surface area contributed by atoms with E-state index in [4.69, 9.17) is 32.7 Å². The molecule has 0 radical (unpaired) electrons. The molecule has 27 heavy (non-hydrogen) atoms. The van der Waals surface area contributed by atoms with E-state index in [1.807, 2.05) is 42.5 Å². The van der Waals surface area contributed by atoms with Gasteiger partial charge in [-0.1, -0.05) is 41.4 Å². The lowest BCUT2D eigenvalue weighted by atomic mass is 10.2. The summed E-state index contributed by atoms with van der Waals surface area (Å²) in [5.74, 6) is 1.99. The average Bonchev–Trinajstić information content (AvgIpc) is 3.12. The number of methoxy groups -OCH3 is 1. The number of hydrogen-bond donors (Lipinski definition) is 1. The molecule has 6 heteroatoms. The van der Waals surface area contributed by atoms with E-state index in [9.17, 15) is 0 Å². The SMILES string of the molecule is COc1cc(-c2nc3ccccc3[nH]2)ccc1OCc1c(Cl)cccc1Cl. The van der Waals surface area contributed by atoms with Gasteiger partial charge in [-0.3, -0.25) is 0 Å². The molecule has 0 saturated carbocycles. The molecule has 1 N–H and O–H groups in total. The number of nitrogens with one attached hydrogen (secondary N) is 1. The van der Waals surface area contributed by atoms with E-state index in [0.29, 0.717) is 21.5 Å². The van der Waals surface area contributed by atoms with Crippen LogP contribution in [0.25, 0.3) is 22.4 Å². The highest BCUT2D eigenvalue weighted by molar-refractivity contribution is 6.35. The van der Waals surface area contributed by atoms with Crippen molar-refractivity contribution >= 4 is 34.2 Å². The number of aromatic nitrogens is 2. The molecule has 1 aromatic heterocycles. The zero-order valence-corrected chi connectivity index (χ0v) is 16.0. The van der Waals surface area contributed by atoms with Crippen molar-refractivity contribution < 1.29 is 9.47 Å². The standard InChI is InChI=1S/C21H16Cl2N2O2/c1-26-20-11-13(21-24-17-7-2-3-8-18(17)25-21)9-10-19(20)27-12-14-15(22)5-4-6-16(14)23/h2-11H,12H2,1H3,(H,24,25). The Morgan fingerprint density at radius 1 is 0.926 bits per heavy atom. The van der Waals surface area contributed by atoms with Crippen molar-refractivity contribution in [1.82, 2.24) is 9.97 Å². The predicted octanol–water partition coefficient (Wildman–Crippen LogP) is 6.12. The summed E-state index contributed by atoms with van der Waals surface area (Å²) in [5.41, 5.74) is 3.55. The largest absolute Gasteiger partial charge is 0.493 e. The third-order valence-electron chi connectivity index (χ3n) is 4.26. The van der Waals surface area contributed by atoms with Gasteiger partial charge in [0.15, 0.2) is 11.5 Å². The Labute approximate surface area is 166 Å². The molecule has 0 saturated heterocycles. The maximum Gasteiger partial charge on any atom is 0.161 e. The van der Waals surface area contributed by atoms with Gasteiger partial charge in [0.2, 0.25) is 0 Å². The van der Waals surface area contributed by atoms with Gasteiger partial charge >= 0.3 is 0 Å². The molecule has 0 aliphatic heterocycles. The summed E-state index contributed by atoms with van der Waals surface area (Å²) < 4.78 is 11.4. The van der Waals surface area contributed by atoms with Crippen LogP contribution in [0.2, 0.25) is 10.0 Å². The first-order valence-corrected chi connectivity index (χ1v) is 9.10. The van der Waals surface area contributed by atoms with Crippen LogP contribution in [0.1, 0.15) is 5.56 Å². The molecule has 0 aliphatic carbocycles. The van der Waals surface area contributed by atoms with Crippen molar-refractivity contribution in [1.29, 1.82) is 0 Å². The molecule has 0 amide bonds. The van der Waals surface area contributed by atoms with Crippen LogP contribution in [0.5, 0.6) is 11.5 Å². The zero-order chi connectivity index (χ0) is 18.8. The van der Waals surface area contributed by atoms with Crippen molar-refractivity contribution in [2.45, 2.75) is 6.61 Å². The summed E-state index contributed by atoms with van der Waals surface area (Å²) in [6.45, 7) is 0.249. The fourth-order valence-electron chi connectivity index (χ4n) is 2.84. The molecule has 0 bridgehead atoms. The molecule has 0 spiro atoms. The Kier molecular flexibility index (Phi) is 4.92. The van der Waals surface area contributed by atoms with Gasteiger partial charge in [0.05, 0.1) is 18.1 Å². The Balaban J connectivity index is 1.61. The number of rotatable bonds is 5. The van der Waals surface area contributed by atoms with Gasteiger partial charge in [0.25, 0.3) is 0 Å². The van der Waals surface area contributed by atoms with Gasteiger partial charge in [-0.05, 0) is 42.5 Å². The number of ether oxygens (including phenoxy) is 2.